The fourth-order valence-electron chi connectivity index (χ4n) is 2.76. The summed E-state index contributed by atoms with van der Waals surface area (Å²) in [6, 6.07) is 6.15. The minimum absolute atomic E-state index is 0.0464. The van der Waals surface area contributed by atoms with Crippen molar-refractivity contribution in [1.82, 2.24) is 14.5 Å². The Kier molecular flexibility index (Phi) is 6.14. The molecule has 6 nitrogen and oxygen atoms in total. The molecule has 1 aliphatic heterocycles. The molecule has 1 atom stereocenters. The highest BCUT2D eigenvalue weighted by Gasteiger charge is 2.33. The van der Waals surface area contributed by atoms with Gasteiger partial charge in [-0.25, -0.2) is 8.42 Å². The highest BCUT2D eigenvalue weighted by atomic mass is 35.5. The molecule has 0 aliphatic carbocycles. The normalized spacial score (nSPS) is 18.8. The summed E-state index contributed by atoms with van der Waals surface area (Å²) in [6.07, 6.45) is 0. The van der Waals surface area contributed by atoms with E-state index in [-0.39, 0.29) is 27.4 Å². The number of carbonyl (C=O) groups is 1. The van der Waals surface area contributed by atoms with Crippen molar-refractivity contribution in [3.63, 3.8) is 0 Å². The number of halogens is 1. The lowest BCUT2D eigenvalue weighted by atomic mass is 10.1. The number of rotatable bonds is 4. The molecule has 2 rings (SSSR count). The van der Waals surface area contributed by atoms with Gasteiger partial charge in [-0.15, -0.1) is 0 Å². The largest absolute Gasteiger partial charge is 0.350 e. The number of benzene rings is 1. The van der Waals surface area contributed by atoms with Gasteiger partial charge in [-0.3, -0.25) is 9.69 Å². The van der Waals surface area contributed by atoms with Crippen LogP contribution in [0.1, 0.15) is 27.7 Å². The first-order chi connectivity index (χ1) is 11.5. The molecule has 1 heterocycles. The topological polar surface area (TPSA) is 69.7 Å². The summed E-state index contributed by atoms with van der Waals surface area (Å²) in [5, 5.41) is 3.19. The van der Waals surface area contributed by atoms with Crippen LogP contribution >= 0.6 is 11.6 Å². The Labute approximate surface area is 155 Å². The van der Waals surface area contributed by atoms with Crippen LogP contribution in [0.5, 0.6) is 0 Å². The highest BCUT2D eigenvalue weighted by molar-refractivity contribution is 7.89. The van der Waals surface area contributed by atoms with E-state index >= 15 is 0 Å². The molecule has 0 aromatic heterocycles. The molecule has 0 bridgehead atoms. The van der Waals surface area contributed by atoms with Crippen LogP contribution in [0, 0.1) is 0 Å². The third kappa shape index (κ3) is 4.94. The van der Waals surface area contributed by atoms with Crippen LogP contribution in [0.25, 0.3) is 0 Å². The highest BCUT2D eigenvalue weighted by Crippen LogP contribution is 2.25. The van der Waals surface area contributed by atoms with Gasteiger partial charge in [-0.1, -0.05) is 23.7 Å². The lowest BCUT2D eigenvalue weighted by Crippen LogP contribution is -2.56. The summed E-state index contributed by atoms with van der Waals surface area (Å²) in [4.78, 5) is 14.4. The summed E-state index contributed by atoms with van der Waals surface area (Å²) in [6.45, 7) is 9.33. The van der Waals surface area contributed by atoms with Gasteiger partial charge < -0.3 is 5.32 Å². The van der Waals surface area contributed by atoms with Crippen LogP contribution in [0.2, 0.25) is 5.02 Å². The van der Waals surface area contributed by atoms with E-state index in [1.165, 1.54) is 10.4 Å². The molecule has 1 aromatic carbocycles. The van der Waals surface area contributed by atoms with E-state index in [9.17, 15) is 13.2 Å². The number of nitrogens with one attached hydrogen (secondary N) is 1. The summed E-state index contributed by atoms with van der Waals surface area (Å²) >= 11 is 6.04. The zero-order chi connectivity index (χ0) is 18.8. The Morgan fingerprint density at radius 2 is 1.72 bits per heavy atom. The first kappa shape index (κ1) is 20.2. The van der Waals surface area contributed by atoms with Crippen molar-refractivity contribution in [2.75, 3.05) is 26.2 Å². The zero-order valence-electron chi connectivity index (χ0n) is 15.1. The van der Waals surface area contributed by atoms with Crippen molar-refractivity contribution in [3.05, 3.63) is 29.3 Å². The Bertz CT molecular complexity index is 723. The molecular weight excluding hydrogens is 362 g/mol. The van der Waals surface area contributed by atoms with E-state index in [0.717, 1.165) is 0 Å². The third-order valence-electron chi connectivity index (χ3n) is 4.15. The summed E-state index contributed by atoms with van der Waals surface area (Å²) in [5.41, 5.74) is -0.291. The Balaban J connectivity index is 2.02. The Morgan fingerprint density at radius 3 is 2.24 bits per heavy atom. The molecular formula is C17H26ClN3O3S. The molecule has 0 spiro atoms. The zero-order valence-corrected chi connectivity index (χ0v) is 16.7. The van der Waals surface area contributed by atoms with Crippen LogP contribution in [-0.4, -0.2) is 61.3 Å². The molecule has 0 unspecified atom stereocenters. The molecule has 1 fully saturated rings. The van der Waals surface area contributed by atoms with Gasteiger partial charge in [0.15, 0.2) is 0 Å². The summed E-state index contributed by atoms with van der Waals surface area (Å²) in [7, 11) is -3.62. The van der Waals surface area contributed by atoms with E-state index in [1.54, 1.807) is 18.2 Å². The number of sulfonamides is 1. The standard InChI is InChI=1S/C17H26ClN3O3S/c1-13(16(22)19-17(2,3)4)20-9-11-21(12-10-20)25(23,24)15-8-6-5-7-14(15)18/h5-8,13H,9-12H2,1-4H3,(H,19,22)/t13-/m1/s1. The molecule has 0 saturated carbocycles. The van der Waals surface area contributed by atoms with Crippen LogP contribution in [0.15, 0.2) is 29.2 Å². The lowest BCUT2D eigenvalue weighted by molar-refractivity contribution is -0.127. The van der Waals surface area contributed by atoms with Gasteiger partial charge in [0, 0.05) is 31.7 Å². The fraction of sp³-hybridized carbons (Fsp3) is 0.588. The minimum atomic E-state index is -3.62. The fourth-order valence-corrected chi connectivity index (χ4v) is 4.68. The van der Waals surface area contributed by atoms with E-state index < -0.39 is 10.0 Å². The van der Waals surface area contributed by atoms with E-state index in [2.05, 4.69) is 5.32 Å². The molecule has 1 aromatic rings. The molecule has 140 valence electrons. The van der Waals surface area contributed by atoms with Crippen molar-refractivity contribution in [3.8, 4) is 0 Å². The molecule has 25 heavy (non-hydrogen) atoms. The average Bonchev–Trinajstić information content (AvgIpc) is 2.53. The Morgan fingerprint density at radius 1 is 1.16 bits per heavy atom. The monoisotopic (exact) mass is 387 g/mol. The van der Waals surface area contributed by atoms with Crippen molar-refractivity contribution in [1.29, 1.82) is 0 Å². The average molecular weight is 388 g/mol. The van der Waals surface area contributed by atoms with E-state index in [0.29, 0.717) is 26.2 Å². The number of hydrogen-bond donors (Lipinski definition) is 1. The van der Waals surface area contributed by atoms with Crippen molar-refractivity contribution in [2.45, 2.75) is 44.2 Å². The number of amides is 1. The maximum absolute atomic E-state index is 12.7. The number of hydrogen-bond acceptors (Lipinski definition) is 4. The van der Waals surface area contributed by atoms with Gasteiger partial charge in [-0.05, 0) is 39.8 Å². The first-order valence-electron chi connectivity index (χ1n) is 8.33. The van der Waals surface area contributed by atoms with Crippen LogP contribution < -0.4 is 5.32 Å². The number of nitrogens with zero attached hydrogens (tertiary/aromatic N) is 2. The molecule has 1 saturated heterocycles. The smallest absolute Gasteiger partial charge is 0.244 e. The molecule has 0 radical (unpaired) electrons. The van der Waals surface area contributed by atoms with Gasteiger partial charge >= 0.3 is 0 Å². The van der Waals surface area contributed by atoms with Gasteiger partial charge in [0.2, 0.25) is 15.9 Å². The summed E-state index contributed by atoms with van der Waals surface area (Å²) in [5.74, 6) is -0.0464. The second-order valence-electron chi connectivity index (χ2n) is 7.29. The van der Waals surface area contributed by atoms with E-state index in [1.807, 2.05) is 32.6 Å². The van der Waals surface area contributed by atoms with Crippen molar-refractivity contribution >= 4 is 27.5 Å². The number of carbonyl (C=O) groups excluding carboxylic acids is 1. The van der Waals surface area contributed by atoms with Crippen LogP contribution in [0.3, 0.4) is 0 Å². The van der Waals surface area contributed by atoms with Crippen molar-refractivity contribution < 1.29 is 13.2 Å². The van der Waals surface area contributed by atoms with Gasteiger partial charge in [-0.2, -0.15) is 4.31 Å². The van der Waals surface area contributed by atoms with Gasteiger partial charge in [0.05, 0.1) is 11.1 Å². The van der Waals surface area contributed by atoms with Crippen LogP contribution in [-0.2, 0) is 14.8 Å². The second kappa shape index (κ2) is 7.61. The third-order valence-corrected chi connectivity index (χ3v) is 6.55. The SMILES string of the molecule is C[C@H](C(=O)NC(C)(C)C)N1CCN(S(=O)(=O)c2ccccc2Cl)CC1. The van der Waals surface area contributed by atoms with Crippen LogP contribution in [0.4, 0.5) is 0 Å². The maximum Gasteiger partial charge on any atom is 0.244 e. The predicted octanol–water partition coefficient (Wildman–Crippen LogP) is 1.95. The summed E-state index contributed by atoms with van der Waals surface area (Å²) < 4.78 is 26.9. The lowest BCUT2D eigenvalue weighted by Gasteiger charge is -2.37. The van der Waals surface area contributed by atoms with E-state index in [4.69, 9.17) is 11.6 Å². The predicted molar refractivity (Wildman–Crippen MR) is 99.1 cm³/mol. The van der Waals surface area contributed by atoms with Crippen molar-refractivity contribution in [2.24, 2.45) is 0 Å². The quantitative estimate of drug-likeness (QED) is 0.857. The molecule has 1 aliphatic rings. The minimum Gasteiger partial charge on any atom is -0.350 e. The number of piperazine rings is 1. The second-order valence-corrected chi connectivity index (χ2v) is 9.60. The first-order valence-corrected chi connectivity index (χ1v) is 10.1. The van der Waals surface area contributed by atoms with Gasteiger partial charge in [0.25, 0.3) is 0 Å². The Hall–Kier alpha value is -1.15. The molecule has 1 N–H and O–H groups in total. The molecule has 1 amide bonds. The van der Waals surface area contributed by atoms with Gasteiger partial charge in [0.1, 0.15) is 4.90 Å². The maximum atomic E-state index is 12.7. The molecule has 8 heteroatoms.